The van der Waals surface area contributed by atoms with Crippen LogP contribution in [-0.2, 0) is 0 Å². The number of carbonyl (C=O) groups excluding carboxylic acids is 1. The van der Waals surface area contributed by atoms with Crippen LogP contribution >= 0.6 is 46.4 Å². The van der Waals surface area contributed by atoms with Gasteiger partial charge in [0.15, 0.2) is 0 Å². The summed E-state index contributed by atoms with van der Waals surface area (Å²) in [6, 6.07) is 6.04. The molecule has 98 valence electrons. The second kappa shape index (κ2) is 5.97. The van der Waals surface area contributed by atoms with Crippen LogP contribution < -0.4 is 5.32 Å². The fraction of sp³-hybridized carbons (Fsp3) is 0. The first-order valence-electron chi connectivity index (χ1n) is 5.05. The zero-order valence-electron chi connectivity index (χ0n) is 9.25. The van der Waals surface area contributed by atoms with Gasteiger partial charge < -0.3 is 5.32 Å². The molecule has 0 aliphatic carbocycles. The molecule has 19 heavy (non-hydrogen) atoms. The van der Waals surface area contributed by atoms with Gasteiger partial charge in [-0.3, -0.25) is 4.79 Å². The monoisotopic (exact) mass is 334 g/mol. The third kappa shape index (κ3) is 3.51. The van der Waals surface area contributed by atoms with E-state index in [1.807, 2.05) is 0 Å². The molecule has 2 aromatic rings. The number of anilines is 1. The summed E-state index contributed by atoms with van der Waals surface area (Å²) in [6.45, 7) is 0. The van der Waals surface area contributed by atoms with E-state index < -0.39 is 5.91 Å². The van der Waals surface area contributed by atoms with Crippen LogP contribution in [0.25, 0.3) is 0 Å². The number of hydrogen-bond donors (Lipinski definition) is 1. The Morgan fingerprint density at radius 1 is 1.05 bits per heavy atom. The molecule has 0 bridgehead atoms. The average Bonchev–Trinajstić information content (AvgIpc) is 2.34. The molecule has 0 aliphatic heterocycles. The highest BCUT2D eigenvalue weighted by molar-refractivity contribution is 6.42. The number of amides is 1. The number of pyridine rings is 1. The van der Waals surface area contributed by atoms with Gasteiger partial charge in [0, 0.05) is 11.2 Å². The topological polar surface area (TPSA) is 42.0 Å². The van der Waals surface area contributed by atoms with Crippen LogP contribution in [0.5, 0.6) is 0 Å². The Bertz CT molecular complexity index is 605. The van der Waals surface area contributed by atoms with Crippen LogP contribution in [0.4, 0.5) is 5.69 Å². The Kier molecular flexibility index (Phi) is 4.53. The summed E-state index contributed by atoms with van der Waals surface area (Å²) in [5.74, 6) is -0.393. The summed E-state index contributed by atoms with van der Waals surface area (Å²) in [5.41, 5.74) is 0.638. The van der Waals surface area contributed by atoms with Crippen molar-refractivity contribution in [2.24, 2.45) is 0 Å². The quantitative estimate of drug-likeness (QED) is 0.789. The Morgan fingerprint density at radius 2 is 1.68 bits per heavy atom. The highest BCUT2D eigenvalue weighted by Crippen LogP contribution is 2.33. The van der Waals surface area contributed by atoms with E-state index in [9.17, 15) is 4.79 Å². The molecule has 1 amide bonds. The molecule has 0 fully saturated rings. The fourth-order valence-corrected chi connectivity index (χ4v) is 2.38. The van der Waals surface area contributed by atoms with Gasteiger partial charge in [-0.1, -0.05) is 46.4 Å². The highest BCUT2D eigenvalue weighted by atomic mass is 35.5. The third-order valence-electron chi connectivity index (χ3n) is 2.23. The minimum absolute atomic E-state index is 0.257. The van der Waals surface area contributed by atoms with Gasteiger partial charge >= 0.3 is 0 Å². The van der Waals surface area contributed by atoms with Crippen molar-refractivity contribution in [3.8, 4) is 0 Å². The summed E-state index contributed by atoms with van der Waals surface area (Å²) in [7, 11) is 0. The van der Waals surface area contributed by atoms with Gasteiger partial charge in [-0.05, 0) is 24.3 Å². The van der Waals surface area contributed by atoms with Gasteiger partial charge in [0.2, 0.25) is 0 Å². The standard InChI is InChI=1S/C12H6Cl4N2O/c13-7-3-8(14)11(9(15)4-7)18-12(19)6-1-2-10(16)17-5-6/h1-5H,(H,18,19). The van der Waals surface area contributed by atoms with Gasteiger partial charge in [0.05, 0.1) is 21.3 Å². The van der Waals surface area contributed by atoms with Crippen LogP contribution in [0.1, 0.15) is 10.4 Å². The molecule has 0 spiro atoms. The van der Waals surface area contributed by atoms with Crippen LogP contribution in [0.2, 0.25) is 20.2 Å². The van der Waals surface area contributed by atoms with Crippen molar-refractivity contribution < 1.29 is 4.79 Å². The van der Waals surface area contributed by atoms with Gasteiger partial charge in [-0.25, -0.2) is 4.98 Å². The second-order valence-electron chi connectivity index (χ2n) is 3.57. The second-order valence-corrected chi connectivity index (χ2v) is 5.21. The molecule has 0 atom stereocenters. The molecule has 1 N–H and O–H groups in total. The van der Waals surface area contributed by atoms with E-state index in [4.69, 9.17) is 46.4 Å². The molecular formula is C12H6Cl4N2O. The Balaban J connectivity index is 2.26. The minimum atomic E-state index is -0.393. The number of nitrogens with one attached hydrogen (secondary N) is 1. The van der Waals surface area contributed by atoms with Crippen LogP contribution in [0.3, 0.4) is 0 Å². The van der Waals surface area contributed by atoms with Crippen molar-refractivity contribution in [3.05, 3.63) is 56.2 Å². The largest absolute Gasteiger partial charge is 0.319 e. The molecule has 2 rings (SSSR count). The molecule has 0 saturated carbocycles. The van der Waals surface area contributed by atoms with Gasteiger partial charge in [-0.15, -0.1) is 0 Å². The molecule has 0 radical (unpaired) electrons. The van der Waals surface area contributed by atoms with E-state index in [1.54, 1.807) is 6.07 Å². The molecular weight excluding hydrogens is 330 g/mol. The van der Waals surface area contributed by atoms with Crippen molar-refractivity contribution in [2.75, 3.05) is 5.32 Å². The van der Waals surface area contributed by atoms with Crippen molar-refractivity contribution in [1.29, 1.82) is 0 Å². The first-order valence-corrected chi connectivity index (χ1v) is 6.56. The van der Waals surface area contributed by atoms with E-state index in [2.05, 4.69) is 10.3 Å². The summed E-state index contributed by atoms with van der Waals surface area (Å²) in [4.78, 5) is 15.8. The molecule has 0 unspecified atom stereocenters. The van der Waals surface area contributed by atoms with E-state index in [1.165, 1.54) is 24.4 Å². The molecule has 0 aliphatic rings. The van der Waals surface area contributed by atoms with E-state index in [0.717, 1.165) is 0 Å². The Morgan fingerprint density at radius 3 is 2.21 bits per heavy atom. The third-order valence-corrected chi connectivity index (χ3v) is 3.27. The van der Waals surface area contributed by atoms with Gasteiger partial charge in [0.25, 0.3) is 5.91 Å². The number of carbonyl (C=O) groups is 1. The maximum absolute atomic E-state index is 12.0. The van der Waals surface area contributed by atoms with Crippen LogP contribution in [0, 0.1) is 0 Å². The van der Waals surface area contributed by atoms with Gasteiger partial charge in [-0.2, -0.15) is 0 Å². The predicted octanol–water partition coefficient (Wildman–Crippen LogP) is 4.95. The fourth-order valence-electron chi connectivity index (χ4n) is 1.36. The van der Waals surface area contributed by atoms with Crippen molar-refractivity contribution >= 4 is 58.0 Å². The number of benzene rings is 1. The maximum atomic E-state index is 12.0. The average molecular weight is 336 g/mol. The lowest BCUT2D eigenvalue weighted by molar-refractivity contribution is 0.102. The number of halogens is 4. The van der Waals surface area contributed by atoms with E-state index in [-0.39, 0.29) is 10.0 Å². The van der Waals surface area contributed by atoms with E-state index >= 15 is 0 Å². The molecule has 1 aromatic carbocycles. The van der Waals surface area contributed by atoms with E-state index in [0.29, 0.717) is 21.4 Å². The molecule has 1 heterocycles. The molecule has 3 nitrogen and oxygen atoms in total. The maximum Gasteiger partial charge on any atom is 0.257 e. The molecule has 1 aromatic heterocycles. The normalized spacial score (nSPS) is 10.3. The summed E-state index contributed by atoms with van der Waals surface area (Å²) >= 11 is 23.4. The lowest BCUT2D eigenvalue weighted by Crippen LogP contribution is -2.12. The smallest absolute Gasteiger partial charge is 0.257 e. The number of rotatable bonds is 2. The molecule has 7 heteroatoms. The first-order chi connectivity index (χ1) is 8.97. The van der Waals surface area contributed by atoms with Crippen molar-refractivity contribution in [1.82, 2.24) is 4.98 Å². The Hall–Kier alpha value is -1.00. The molecule has 0 saturated heterocycles. The number of aromatic nitrogens is 1. The van der Waals surface area contributed by atoms with Crippen LogP contribution in [-0.4, -0.2) is 10.9 Å². The number of nitrogens with zero attached hydrogens (tertiary/aromatic N) is 1. The summed E-state index contributed by atoms with van der Waals surface area (Å²) in [6.07, 6.45) is 1.36. The number of hydrogen-bond acceptors (Lipinski definition) is 2. The van der Waals surface area contributed by atoms with Crippen molar-refractivity contribution in [3.63, 3.8) is 0 Å². The van der Waals surface area contributed by atoms with Crippen molar-refractivity contribution in [2.45, 2.75) is 0 Å². The lowest BCUT2D eigenvalue weighted by Gasteiger charge is -2.09. The summed E-state index contributed by atoms with van der Waals surface area (Å²) in [5, 5.41) is 3.81. The Labute approximate surface area is 129 Å². The van der Waals surface area contributed by atoms with Crippen LogP contribution in [0.15, 0.2) is 30.5 Å². The zero-order valence-corrected chi connectivity index (χ0v) is 12.3. The minimum Gasteiger partial charge on any atom is -0.319 e. The SMILES string of the molecule is O=C(Nc1c(Cl)cc(Cl)cc1Cl)c1ccc(Cl)nc1. The highest BCUT2D eigenvalue weighted by Gasteiger charge is 2.13. The zero-order chi connectivity index (χ0) is 14.0. The lowest BCUT2D eigenvalue weighted by atomic mass is 10.2. The van der Waals surface area contributed by atoms with Gasteiger partial charge in [0.1, 0.15) is 5.15 Å². The first kappa shape index (κ1) is 14.4. The predicted molar refractivity (Wildman–Crippen MR) is 78.7 cm³/mol. The summed E-state index contributed by atoms with van der Waals surface area (Å²) < 4.78 is 0.